The Morgan fingerprint density at radius 2 is 1.76 bits per heavy atom. The first kappa shape index (κ1) is 15.1. The fourth-order valence-electron chi connectivity index (χ4n) is 1.68. The Bertz CT molecular complexity index is 672. The van der Waals surface area contributed by atoms with Crippen LogP contribution in [0.3, 0.4) is 0 Å². The lowest BCUT2D eigenvalue weighted by molar-refractivity contribution is 0.341. The number of rotatable bonds is 6. The maximum absolute atomic E-state index is 12.2. The van der Waals surface area contributed by atoms with E-state index in [-0.39, 0.29) is 12.4 Å². The molecule has 7 heteroatoms. The van der Waals surface area contributed by atoms with Crippen LogP contribution in [0, 0.1) is 0 Å². The number of hydrogen-bond donors (Lipinski definition) is 1. The van der Waals surface area contributed by atoms with E-state index >= 15 is 0 Å². The first-order valence-electron chi connectivity index (χ1n) is 6.34. The zero-order valence-electron chi connectivity index (χ0n) is 11.6. The Kier molecular flexibility index (Phi) is 4.64. The van der Waals surface area contributed by atoms with E-state index in [1.54, 1.807) is 48.8 Å². The molecule has 2 N–H and O–H groups in total. The van der Waals surface area contributed by atoms with Gasteiger partial charge >= 0.3 is 0 Å². The van der Waals surface area contributed by atoms with Crippen molar-refractivity contribution in [3.8, 4) is 5.75 Å². The van der Waals surface area contributed by atoms with Crippen molar-refractivity contribution in [1.29, 1.82) is 0 Å². The second-order valence-electron chi connectivity index (χ2n) is 4.41. The fraction of sp³-hybridized carbons (Fsp3) is 0.214. The van der Waals surface area contributed by atoms with E-state index in [2.05, 4.69) is 4.98 Å². The van der Waals surface area contributed by atoms with Gasteiger partial charge in [0.15, 0.2) is 0 Å². The maximum atomic E-state index is 12.2. The van der Waals surface area contributed by atoms with E-state index in [0.29, 0.717) is 17.1 Å². The van der Waals surface area contributed by atoms with Crippen LogP contribution < -0.4 is 14.8 Å². The van der Waals surface area contributed by atoms with Crippen LogP contribution in [0.5, 0.6) is 5.75 Å². The van der Waals surface area contributed by atoms with E-state index < -0.39 is 10.0 Å². The van der Waals surface area contributed by atoms with E-state index in [1.165, 1.54) is 11.4 Å². The Labute approximate surface area is 124 Å². The van der Waals surface area contributed by atoms with Gasteiger partial charge in [0.1, 0.15) is 18.1 Å². The monoisotopic (exact) mass is 307 g/mol. The molecule has 0 aliphatic rings. The number of aromatic nitrogens is 1. The molecule has 0 aliphatic carbocycles. The minimum atomic E-state index is -3.44. The molecule has 0 saturated carbocycles. The average molecular weight is 307 g/mol. The predicted molar refractivity (Wildman–Crippen MR) is 82.8 cm³/mol. The molecule has 0 fully saturated rings. The van der Waals surface area contributed by atoms with Gasteiger partial charge in [-0.05, 0) is 36.4 Å². The highest BCUT2D eigenvalue weighted by Gasteiger charge is 2.18. The highest BCUT2D eigenvalue weighted by Crippen LogP contribution is 2.16. The lowest BCUT2D eigenvalue weighted by Crippen LogP contribution is -2.31. The van der Waals surface area contributed by atoms with Crippen LogP contribution in [0.4, 0.5) is 11.4 Å². The number of hydrogen-bond acceptors (Lipinski definition) is 5. The molecule has 0 bridgehead atoms. The number of anilines is 2. The number of benzene rings is 1. The lowest BCUT2D eigenvalue weighted by Gasteiger charge is -2.19. The van der Waals surface area contributed by atoms with E-state index in [9.17, 15) is 8.42 Å². The van der Waals surface area contributed by atoms with Crippen LogP contribution in [0.25, 0.3) is 0 Å². The first-order chi connectivity index (χ1) is 9.99. The number of nitrogens with zero attached hydrogens (tertiary/aromatic N) is 2. The molecule has 0 radical (unpaired) electrons. The van der Waals surface area contributed by atoms with Crippen molar-refractivity contribution >= 4 is 21.4 Å². The lowest BCUT2D eigenvalue weighted by atomic mass is 10.3. The number of ether oxygens (including phenoxy) is 1. The van der Waals surface area contributed by atoms with Gasteiger partial charge in [-0.25, -0.2) is 8.42 Å². The van der Waals surface area contributed by atoms with Crippen molar-refractivity contribution in [2.45, 2.75) is 0 Å². The number of pyridine rings is 1. The van der Waals surface area contributed by atoms with Crippen LogP contribution in [-0.2, 0) is 10.0 Å². The molecular weight excluding hydrogens is 290 g/mol. The highest BCUT2D eigenvalue weighted by molar-refractivity contribution is 7.92. The van der Waals surface area contributed by atoms with Crippen molar-refractivity contribution < 1.29 is 13.2 Å². The van der Waals surface area contributed by atoms with Gasteiger partial charge in [0.25, 0.3) is 0 Å². The normalized spacial score (nSPS) is 11.1. The maximum Gasteiger partial charge on any atom is 0.238 e. The summed E-state index contributed by atoms with van der Waals surface area (Å²) in [5.74, 6) is 0.474. The Morgan fingerprint density at radius 3 is 2.38 bits per heavy atom. The zero-order valence-corrected chi connectivity index (χ0v) is 12.5. The van der Waals surface area contributed by atoms with Crippen molar-refractivity contribution in [2.24, 2.45) is 0 Å². The molecule has 0 amide bonds. The number of nitrogen functional groups attached to an aromatic ring is 1. The summed E-state index contributed by atoms with van der Waals surface area (Å²) in [6.07, 6.45) is 3.10. The SMILES string of the molecule is CN(c1ccncc1)S(=O)(=O)CCOc1ccc(N)cc1. The Hall–Kier alpha value is -2.28. The second-order valence-corrected chi connectivity index (χ2v) is 6.53. The molecule has 0 aliphatic heterocycles. The summed E-state index contributed by atoms with van der Waals surface area (Å²) >= 11 is 0. The van der Waals surface area contributed by atoms with Crippen LogP contribution in [0.15, 0.2) is 48.8 Å². The molecular formula is C14H17N3O3S. The molecule has 1 aromatic carbocycles. The smallest absolute Gasteiger partial charge is 0.238 e. The van der Waals surface area contributed by atoms with E-state index in [0.717, 1.165) is 0 Å². The van der Waals surface area contributed by atoms with Crippen LogP contribution >= 0.6 is 0 Å². The second kappa shape index (κ2) is 6.45. The van der Waals surface area contributed by atoms with E-state index in [1.807, 2.05) is 0 Å². The van der Waals surface area contributed by atoms with Gasteiger partial charge in [-0.3, -0.25) is 9.29 Å². The summed E-state index contributed by atoms with van der Waals surface area (Å²) in [5, 5.41) is 0. The van der Waals surface area contributed by atoms with Crippen molar-refractivity contribution in [2.75, 3.05) is 29.4 Å². The summed E-state index contributed by atoms with van der Waals surface area (Å²) in [7, 11) is -1.93. The van der Waals surface area contributed by atoms with Gasteiger partial charge < -0.3 is 10.5 Å². The molecule has 0 unspecified atom stereocenters. The van der Waals surface area contributed by atoms with Gasteiger partial charge in [-0.2, -0.15) is 0 Å². The number of sulfonamides is 1. The largest absolute Gasteiger partial charge is 0.492 e. The molecule has 21 heavy (non-hydrogen) atoms. The molecule has 2 rings (SSSR count). The van der Waals surface area contributed by atoms with Crippen molar-refractivity contribution in [3.63, 3.8) is 0 Å². The van der Waals surface area contributed by atoms with Crippen molar-refractivity contribution in [1.82, 2.24) is 4.98 Å². The van der Waals surface area contributed by atoms with Gasteiger partial charge in [0.05, 0.1) is 5.69 Å². The quantitative estimate of drug-likeness (QED) is 0.818. The molecule has 1 aromatic heterocycles. The standard InChI is InChI=1S/C14H17N3O3S/c1-17(13-6-8-16-9-7-13)21(18,19)11-10-20-14-4-2-12(15)3-5-14/h2-9H,10-11,15H2,1H3. The summed E-state index contributed by atoms with van der Waals surface area (Å²) in [4.78, 5) is 3.86. The van der Waals surface area contributed by atoms with Crippen LogP contribution in [0.2, 0.25) is 0 Å². The number of nitrogens with two attached hydrogens (primary N) is 1. The van der Waals surface area contributed by atoms with Gasteiger partial charge in [0, 0.05) is 25.1 Å². The first-order valence-corrected chi connectivity index (χ1v) is 7.95. The minimum Gasteiger partial charge on any atom is -0.492 e. The Balaban J connectivity index is 1.94. The molecule has 112 valence electrons. The summed E-state index contributed by atoms with van der Waals surface area (Å²) < 4.78 is 31.0. The zero-order chi connectivity index (χ0) is 15.3. The minimum absolute atomic E-state index is 0.0711. The van der Waals surface area contributed by atoms with E-state index in [4.69, 9.17) is 10.5 Å². The molecule has 2 aromatic rings. The molecule has 0 atom stereocenters. The van der Waals surface area contributed by atoms with Gasteiger partial charge in [0.2, 0.25) is 10.0 Å². The third kappa shape index (κ3) is 4.09. The summed E-state index contributed by atoms with van der Waals surface area (Å²) in [6.45, 7) is 0.0711. The third-order valence-corrected chi connectivity index (χ3v) is 4.66. The average Bonchev–Trinajstić information content (AvgIpc) is 2.49. The predicted octanol–water partition coefficient (Wildman–Crippen LogP) is 1.51. The molecule has 1 heterocycles. The third-order valence-electron chi connectivity index (χ3n) is 2.93. The summed E-state index contributed by atoms with van der Waals surface area (Å²) in [5.41, 5.74) is 6.76. The highest BCUT2D eigenvalue weighted by atomic mass is 32.2. The fourth-order valence-corrected chi connectivity index (χ4v) is 2.69. The Morgan fingerprint density at radius 1 is 1.14 bits per heavy atom. The molecule has 6 nitrogen and oxygen atoms in total. The van der Waals surface area contributed by atoms with Gasteiger partial charge in [-0.1, -0.05) is 0 Å². The van der Waals surface area contributed by atoms with Crippen molar-refractivity contribution in [3.05, 3.63) is 48.8 Å². The topological polar surface area (TPSA) is 85.5 Å². The van der Waals surface area contributed by atoms with Crippen LogP contribution in [-0.4, -0.2) is 32.8 Å². The van der Waals surface area contributed by atoms with Crippen LogP contribution in [0.1, 0.15) is 0 Å². The van der Waals surface area contributed by atoms with Gasteiger partial charge in [-0.15, -0.1) is 0 Å². The molecule has 0 saturated heterocycles. The molecule has 0 spiro atoms. The summed E-state index contributed by atoms with van der Waals surface area (Å²) in [6, 6.07) is 10.1.